The lowest BCUT2D eigenvalue weighted by molar-refractivity contribution is -0.253. The first kappa shape index (κ1) is 19.5. The molecule has 0 N–H and O–H groups in total. The molecule has 0 saturated carbocycles. The summed E-state index contributed by atoms with van der Waals surface area (Å²) in [6, 6.07) is 6.98. The molecule has 25 heavy (non-hydrogen) atoms. The molecule has 0 spiro atoms. The highest BCUT2D eigenvalue weighted by Crippen LogP contribution is 2.35. The Morgan fingerprint density at radius 1 is 1.12 bits per heavy atom. The molecule has 1 fully saturated rings. The van der Waals surface area contributed by atoms with Gasteiger partial charge in [0.25, 0.3) is 0 Å². The molecule has 1 saturated heterocycles. The predicted octanol–water partition coefficient (Wildman–Crippen LogP) is 3.21. The summed E-state index contributed by atoms with van der Waals surface area (Å²) in [6.07, 6.45) is -1.83. The molecular weight excluding hydrogens is 348 g/mol. The lowest BCUT2D eigenvalue weighted by Crippen LogP contribution is -2.54. The lowest BCUT2D eigenvalue weighted by Gasteiger charge is -2.43. The van der Waals surface area contributed by atoms with Crippen LogP contribution in [0, 0.1) is 11.8 Å². The molecule has 1 aliphatic heterocycles. The van der Waals surface area contributed by atoms with Crippen LogP contribution in [0.1, 0.15) is 27.7 Å². The van der Waals surface area contributed by atoms with Gasteiger partial charge in [0.2, 0.25) is 6.29 Å². The minimum Gasteiger partial charge on any atom is -0.463 e. The van der Waals surface area contributed by atoms with E-state index in [0.717, 1.165) is 0 Å². The van der Waals surface area contributed by atoms with Crippen molar-refractivity contribution in [2.24, 2.45) is 11.8 Å². The molecule has 5 atom stereocenters. The quantitative estimate of drug-likeness (QED) is 0.741. The summed E-state index contributed by atoms with van der Waals surface area (Å²) in [5.74, 6) is -0.437. The van der Waals surface area contributed by atoms with Crippen molar-refractivity contribution in [3.05, 3.63) is 29.3 Å². The first-order valence-corrected chi connectivity index (χ1v) is 8.54. The van der Waals surface area contributed by atoms with E-state index in [1.54, 1.807) is 24.3 Å². The van der Waals surface area contributed by atoms with E-state index in [0.29, 0.717) is 10.8 Å². The highest BCUT2D eigenvalue weighted by atomic mass is 35.5. The van der Waals surface area contributed by atoms with Crippen molar-refractivity contribution >= 4 is 23.5 Å². The highest BCUT2D eigenvalue weighted by molar-refractivity contribution is 6.32. The molecule has 0 amide bonds. The number of hydrogen-bond donors (Lipinski definition) is 0. The van der Waals surface area contributed by atoms with Gasteiger partial charge in [0.1, 0.15) is 12.4 Å². The summed E-state index contributed by atoms with van der Waals surface area (Å²) in [4.78, 5) is 22.6. The van der Waals surface area contributed by atoms with E-state index >= 15 is 0 Å². The smallest absolute Gasteiger partial charge is 0.303 e. The number of rotatable bonds is 5. The Labute approximate surface area is 152 Å². The normalized spacial score (nSPS) is 28.9. The van der Waals surface area contributed by atoms with E-state index in [1.807, 2.05) is 13.8 Å². The van der Waals surface area contributed by atoms with Gasteiger partial charge in [0.15, 0.2) is 6.10 Å². The third-order valence-corrected chi connectivity index (χ3v) is 4.66. The van der Waals surface area contributed by atoms with Crippen LogP contribution < -0.4 is 4.74 Å². The van der Waals surface area contributed by atoms with Crippen LogP contribution in [0.5, 0.6) is 5.75 Å². The van der Waals surface area contributed by atoms with Gasteiger partial charge in [-0.15, -0.1) is 0 Å². The molecule has 0 aromatic heterocycles. The summed E-state index contributed by atoms with van der Waals surface area (Å²) in [5.41, 5.74) is 0. The van der Waals surface area contributed by atoms with Crippen molar-refractivity contribution < 1.29 is 28.5 Å². The first-order chi connectivity index (χ1) is 11.8. The maximum atomic E-state index is 11.5. The Morgan fingerprint density at radius 3 is 2.40 bits per heavy atom. The molecule has 6 nitrogen and oxygen atoms in total. The van der Waals surface area contributed by atoms with Gasteiger partial charge in [0.05, 0.1) is 11.1 Å². The van der Waals surface area contributed by atoms with Crippen LogP contribution in [-0.2, 0) is 23.8 Å². The van der Waals surface area contributed by atoms with Gasteiger partial charge < -0.3 is 18.9 Å². The third kappa shape index (κ3) is 5.09. The minimum absolute atomic E-state index is 0.00482. The number of para-hydroxylation sites is 1. The first-order valence-electron chi connectivity index (χ1n) is 8.16. The van der Waals surface area contributed by atoms with Gasteiger partial charge in [-0.1, -0.05) is 37.6 Å². The van der Waals surface area contributed by atoms with Crippen molar-refractivity contribution in [3.63, 3.8) is 0 Å². The van der Waals surface area contributed by atoms with Gasteiger partial charge in [-0.25, -0.2) is 0 Å². The third-order valence-electron chi connectivity index (χ3n) is 4.34. The number of ether oxygens (including phenoxy) is 4. The van der Waals surface area contributed by atoms with Crippen LogP contribution in [0.25, 0.3) is 0 Å². The molecule has 2 unspecified atom stereocenters. The predicted molar refractivity (Wildman–Crippen MR) is 91.3 cm³/mol. The average Bonchev–Trinajstić information content (AvgIpc) is 2.54. The zero-order valence-corrected chi connectivity index (χ0v) is 15.5. The van der Waals surface area contributed by atoms with Crippen LogP contribution in [0.4, 0.5) is 0 Å². The van der Waals surface area contributed by atoms with Crippen LogP contribution in [-0.4, -0.2) is 37.0 Å². The average molecular weight is 371 g/mol. The fraction of sp³-hybridized carbons (Fsp3) is 0.556. The number of benzene rings is 1. The van der Waals surface area contributed by atoms with Crippen molar-refractivity contribution in [2.75, 3.05) is 6.61 Å². The second-order valence-electron chi connectivity index (χ2n) is 6.19. The Hall–Kier alpha value is -1.79. The van der Waals surface area contributed by atoms with E-state index in [-0.39, 0.29) is 30.5 Å². The Morgan fingerprint density at radius 2 is 1.80 bits per heavy atom. The van der Waals surface area contributed by atoms with Crippen LogP contribution in [0.15, 0.2) is 24.3 Å². The van der Waals surface area contributed by atoms with Crippen molar-refractivity contribution in [3.8, 4) is 5.75 Å². The number of carbonyl (C=O) groups is 2. The van der Waals surface area contributed by atoms with Crippen LogP contribution >= 0.6 is 11.6 Å². The van der Waals surface area contributed by atoms with E-state index < -0.39 is 18.4 Å². The Kier molecular flexibility index (Phi) is 6.67. The van der Waals surface area contributed by atoms with Gasteiger partial charge in [-0.05, 0) is 18.1 Å². The largest absolute Gasteiger partial charge is 0.463 e. The molecular formula is C18H23ClO6. The topological polar surface area (TPSA) is 71.1 Å². The zero-order chi connectivity index (χ0) is 18.6. The maximum Gasteiger partial charge on any atom is 0.303 e. The summed E-state index contributed by atoms with van der Waals surface area (Å²) < 4.78 is 22.4. The Balaban J connectivity index is 2.21. The lowest BCUT2D eigenvalue weighted by atomic mass is 9.83. The fourth-order valence-corrected chi connectivity index (χ4v) is 2.94. The van der Waals surface area contributed by atoms with Crippen LogP contribution in [0.2, 0.25) is 5.02 Å². The molecule has 0 radical (unpaired) electrons. The summed E-state index contributed by atoms with van der Waals surface area (Å²) >= 11 is 6.14. The molecule has 2 rings (SSSR count). The van der Waals surface area contributed by atoms with Crippen molar-refractivity contribution in [1.29, 1.82) is 0 Å². The fourth-order valence-electron chi connectivity index (χ4n) is 2.76. The van der Waals surface area contributed by atoms with E-state index in [4.69, 9.17) is 30.5 Å². The maximum absolute atomic E-state index is 11.5. The standard InChI is InChI=1S/C18H23ClO6/c1-10-11(2)17(23-13(4)21)18(25-16(10)9-22-12(3)20)24-15-8-6-5-7-14(15)19/h5-8,10-11,16-18H,9H2,1-4H3/t10-,11-,16?,17?,18+/m0/s1. The molecule has 1 heterocycles. The highest BCUT2D eigenvalue weighted by Gasteiger charge is 2.45. The van der Waals surface area contributed by atoms with Gasteiger partial charge in [-0.2, -0.15) is 0 Å². The minimum atomic E-state index is -0.851. The summed E-state index contributed by atoms with van der Waals surface area (Å²) in [7, 11) is 0. The number of esters is 2. The van der Waals surface area contributed by atoms with Gasteiger partial charge in [-0.3, -0.25) is 9.59 Å². The van der Waals surface area contributed by atoms with E-state index in [9.17, 15) is 9.59 Å². The molecule has 7 heteroatoms. The molecule has 1 aliphatic rings. The van der Waals surface area contributed by atoms with Crippen LogP contribution in [0.3, 0.4) is 0 Å². The Bertz CT molecular complexity index is 617. The molecule has 1 aromatic carbocycles. The zero-order valence-electron chi connectivity index (χ0n) is 14.7. The van der Waals surface area contributed by atoms with E-state index in [2.05, 4.69) is 0 Å². The van der Waals surface area contributed by atoms with E-state index in [1.165, 1.54) is 13.8 Å². The number of hydrogen-bond acceptors (Lipinski definition) is 6. The number of halogens is 1. The van der Waals surface area contributed by atoms with Crippen molar-refractivity contribution in [1.82, 2.24) is 0 Å². The molecule has 138 valence electrons. The van der Waals surface area contributed by atoms with Crippen molar-refractivity contribution in [2.45, 2.75) is 46.2 Å². The van der Waals surface area contributed by atoms with Gasteiger partial charge >= 0.3 is 11.9 Å². The monoisotopic (exact) mass is 370 g/mol. The second-order valence-corrected chi connectivity index (χ2v) is 6.59. The second kappa shape index (κ2) is 8.54. The van der Waals surface area contributed by atoms with Gasteiger partial charge in [0, 0.05) is 19.8 Å². The summed E-state index contributed by atoms with van der Waals surface area (Å²) in [6.45, 7) is 6.70. The molecule has 1 aromatic rings. The number of carbonyl (C=O) groups excluding carboxylic acids is 2. The summed E-state index contributed by atoms with van der Waals surface area (Å²) in [5, 5.41) is 0.426. The SMILES string of the molecule is CC(=O)OCC1O[C@@H](Oc2ccccc2Cl)C(OC(C)=O)[C@@H](C)[C@@H]1C. The molecule has 0 bridgehead atoms. The molecule has 0 aliphatic carbocycles.